The molecule has 0 unspecified atom stereocenters. The summed E-state index contributed by atoms with van der Waals surface area (Å²) in [7, 11) is 0. The lowest BCUT2D eigenvalue weighted by Gasteiger charge is -2.23. The van der Waals surface area contributed by atoms with Crippen LogP contribution in [0.5, 0.6) is 0 Å². The molecule has 146 valence electrons. The molecule has 7 heteroatoms. The van der Waals surface area contributed by atoms with Crippen molar-refractivity contribution in [2.45, 2.75) is 19.9 Å². The van der Waals surface area contributed by atoms with E-state index >= 15 is 0 Å². The van der Waals surface area contributed by atoms with Gasteiger partial charge in [0.25, 0.3) is 5.78 Å². The van der Waals surface area contributed by atoms with Gasteiger partial charge in [-0.3, -0.25) is 14.5 Å². The number of carbonyl (C=O) groups is 2. The number of thiazole rings is 1. The normalized spacial score (nSPS) is 18.4. The summed E-state index contributed by atoms with van der Waals surface area (Å²) in [4.78, 5) is 32.8. The van der Waals surface area contributed by atoms with E-state index in [-0.39, 0.29) is 11.3 Å². The highest BCUT2D eigenvalue weighted by Gasteiger charge is 2.48. The first kappa shape index (κ1) is 19.4. The van der Waals surface area contributed by atoms with Gasteiger partial charge in [-0.25, -0.2) is 4.98 Å². The minimum atomic E-state index is -0.821. The summed E-state index contributed by atoms with van der Waals surface area (Å²) in [5.41, 5.74) is 1.90. The van der Waals surface area contributed by atoms with Gasteiger partial charge < -0.3 is 5.11 Å². The maximum absolute atomic E-state index is 13.0. The Hall–Kier alpha value is -2.96. The van der Waals surface area contributed by atoms with Crippen LogP contribution in [0.15, 0.2) is 60.2 Å². The number of Topliss-reactive ketones (excluding diaryl/α,β-unsaturated/α-hetero) is 1. The molecule has 1 aromatic heterocycles. The average Bonchev–Trinajstić information content (AvgIpc) is 3.18. The first-order valence-corrected chi connectivity index (χ1v) is 10.1. The number of aryl methyl sites for hydroxylation is 2. The van der Waals surface area contributed by atoms with Crippen molar-refractivity contribution in [3.8, 4) is 0 Å². The van der Waals surface area contributed by atoms with Crippen LogP contribution >= 0.6 is 22.9 Å². The number of benzene rings is 2. The molecule has 1 fully saturated rings. The molecule has 0 bridgehead atoms. The molecular weight excluding hydrogens is 408 g/mol. The molecule has 5 nitrogen and oxygen atoms in total. The molecule has 29 heavy (non-hydrogen) atoms. The lowest BCUT2D eigenvalue weighted by atomic mass is 9.95. The fourth-order valence-corrected chi connectivity index (χ4v) is 4.47. The first-order chi connectivity index (χ1) is 13.9. The number of aliphatic hydroxyl groups is 1. The zero-order valence-corrected chi connectivity index (χ0v) is 17.3. The third kappa shape index (κ3) is 3.34. The number of halogens is 1. The molecule has 4 rings (SSSR count). The van der Waals surface area contributed by atoms with E-state index in [0.29, 0.717) is 21.3 Å². The van der Waals surface area contributed by atoms with Crippen molar-refractivity contribution in [3.05, 3.63) is 86.9 Å². The van der Waals surface area contributed by atoms with Crippen LogP contribution in [0.1, 0.15) is 27.7 Å². The van der Waals surface area contributed by atoms with Gasteiger partial charge >= 0.3 is 5.91 Å². The minimum absolute atomic E-state index is 0.0222. The summed E-state index contributed by atoms with van der Waals surface area (Å²) in [6.07, 6.45) is 0. The number of amides is 1. The van der Waals surface area contributed by atoms with Crippen molar-refractivity contribution in [1.82, 2.24) is 4.98 Å². The number of aromatic nitrogens is 1. The van der Waals surface area contributed by atoms with Gasteiger partial charge in [-0.1, -0.05) is 54.1 Å². The van der Waals surface area contributed by atoms with Crippen LogP contribution in [0.4, 0.5) is 5.13 Å². The largest absolute Gasteiger partial charge is 0.507 e. The highest BCUT2D eigenvalue weighted by Crippen LogP contribution is 2.44. The second-order valence-corrected chi connectivity index (χ2v) is 8.35. The summed E-state index contributed by atoms with van der Waals surface area (Å²) in [5, 5.41) is 11.9. The Balaban J connectivity index is 1.97. The minimum Gasteiger partial charge on any atom is -0.507 e. The Kier molecular flexibility index (Phi) is 4.98. The molecule has 1 saturated heterocycles. The van der Waals surface area contributed by atoms with Crippen molar-refractivity contribution in [2.75, 3.05) is 4.90 Å². The van der Waals surface area contributed by atoms with Gasteiger partial charge in [-0.2, -0.15) is 0 Å². The van der Waals surface area contributed by atoms with Crippen molar-refractivity contribution in [3.63, 3.8) is 0 Å². The van der Waals surface area contributed by atoms with E-state index < -0.39 is 17.7 Å². The molecule has 1 aliphatic rings. The van der Waals surface area contributed by atoms with Gasteiger partial charge in [0.15, 0.2) is 5.13 Å². The van der Waals surface area contributed by atoms with Crippen LogP contribution in [0.3, 0.4) is 0 Å². The van der Waals surface area contributed by atoms with Crippen LogP contribution < -0.4 is 4.90 Å². The lowest BCUT2D eigenvalue weighted by molar-refractivity contribution is -0.132. The second-order valence-electron chi connectivity index (χ2n) is 6.73. The summed E-state index contributed by atoms with van der Waals surface area (Å²) in [5.74, 6) is -1.69. The van der Waals surface area contributed by atoms with Crippen LogP contribution in [0.25, 0.3) is 5.76 Å². The number of anilines is 1. The molecule has 0 aliphatic carbocycles. The number of hydrogen-bond donors (Lipinski definition) is 1. The SMILES string of the molecule is Cc1nc(N2C(=O)C(=O)C(=C(O)c3ccccc3)[C@@H]2c2cccc(Cl)c2)sc1C. The number of rotatable bonds is 3. The fourth-order valence-electron chi connectivity index (χ4n) is 3.33. The number of aliphatic hydroxyl groups excluding tert-OH is 1. The number of carbonyl (C=O) groups excluding carboxylic acids is 2. The zero-order chi connectivity index (χ0) is 20.7. The smallest absolute Gasteiger partial charge is 0.301 e. The second kappa shape index (κ2) is 7.46. The predicted molar refractivity (Wildman–Crippen MR) is 114 cm³/mol. The van der Waals surface area contributed by atoms with Gasteiger partial charge in [-0.15, -0.1) is 11.3 Å². The third-order valence-electron chi connectivity index (χ3n) is 4.88. The highest BCUT2D eigenvalue weighted by atomic mass is 35.5. The standard InChI is InChI=1S/C22H17ClN2O3S/c1-12-13(2)29-22(24-12)25-18(15-9-6-10-16(23)11-15)17(20(27)21(25)28)19(26)14-7-4-3-5-8-14/h3-11,18,26H,1-2H3/t18-/m0/s1. The third-order valence-corrected chi connectivity index (χ3v) is 6.19. The molecule has 0 spiro atoms. The van der Waals surface area contributed by atoms with Crippen LogP contribution in [0, 0.1) is 13.8 Å². The molecule has 0 radical (unpaired) electrons. The van der Waals surface area contributed by atoms with Crippen molar-refractivity contribution >= 4 is 45.5 Å². The van der Waals surface area contributed by atoms with E-state index in [4.69, 9.17) is 11.6 Å². The summed E-state index contributed by atoms with van der Waals surface area (Å²) in [6, 6.07) is 14.8. The molecule has 1 atom stereocenters. The van der Waals surface area contributed by atoms with E-state index in [0.717, 1.165) is 10.6 Å². The van der Waals surface area contributed by atoms with E-state index in [2.05, 4.69) is 4.98 Å². The van der Waals surface area contributed by atoms with Crippen LogP contribution in [-0.2, 0) is 9.59 Å². The quantitative estimate of drug-likeness (QED) is 0.363. The van der Waals surface area contributed by atoms with E-state index in [1.54, 1.807) is 48.5 Å². The van der Waals surface area contributed by atoms with Crippen molar-refractivity contribution < 1.29 is 14.7 Å². The first-order valence-electron chi connectivity index (χ1n) is 8.94. The summed E-state index contributed by atoms with van der Waals surface area (Å²) < 4.78 is 0. The molecule has 0 saturated carbocycles. The molecule has 1 N–H and O–H groups in total. The highest BCUT2D eigenvalue weighted by molar-refractivity contribution is 7.16. The topological polar surface area (TPSA) is 70.5 Å². The summed E-state index contributed by atoms with van der Waals surface area (Å²) >= 11 is 7.52. The number of hydrogen-bond acceptors (Lipinski definition) is 5. The average molecular weight is 425 g/mol. The van der Waals surface area contributed by atoms with E-state index in [9.17, 15) is 14.7 Å². The number of ketones is 1. The maximum atomic E-state index is 13.0. The van der Waals surface area contributed by atoms with Crippen molar-refractivity contribution in [2.24, 2.45) is 0 Å². The van der Waals surface area contributed by atoms with E-state index in [1.165, 1.54) is 16.2 Å². The molecule has 1 aliphatic heterocycles. The van der Waals surface area contributed by atoms with Gasteiger partial charge in [0.2, 0.25) is 0 Å². The fraction of sp³-hybridized carbons (Fsp3) is 0.136. The van der Waals surface area contributed by atoms with Crippen molar-refractivity contribution in [1.29, 1.82) is 0 Å². The Morgan fingerprint density at radius 2 is 1.83 bits per heavy atom. The van der Waals surface area contributed by atoms with Gasteiger partial charge in [0.05, 0.1) is 17.3 Å². The van der Waals surface area contributed by atoms with Crippen LogP contribution in [0.2, 0.25) is 5.02 Å². The molecule has 2 aromatic carbocycles. The Labute approximate surface area is 176 Å². The molecule has 3 aromatic rings. The zero-order valence-electron chi connectivity index (χ0n) is 15.7. The number of nitrogens with zero attached hydrogens (tertiary/aromatic N) is 2. The van der Waals surface area contributed by atoms with Gasteiger partial charge in [-0.05, 0) is 31.5 Å². The van der Waals surface area contributed by atoms with E-state index in [1.807, 2.05) is 19.9 Å². The Morgan fingerprint density at radius 1 is 1.10 bits per heavy atom. The Morgan fingerprint density at radius 3 is 2.45 bits per heavy atom. The van der Waals surface area contributed by atoms with Gasteiger partial charge in [0, 0.05) is 15.5 Å². The summed E-state index contributed by atoms with van der Waals surface area (Å²) in [6.45, 7) is 3.76. The predicted octanol–water partition coefficient (Wildman–Crippen LogP) is 5.04. The molecule has 2 heterocycles. The lowest BCUT2D eigenvalue weighted by Crippen LogP contribution is -2.29. The van der Waals surface area contributed by atoms with Crippen LogP contribution in [-0.4, -0.2) is 21.8 Å². The van der Waals surface area contributed by atoms with Gasteiger partial charge in [0.1, 0.15) is 5.76 Å². The molecular formula is C22H17ClN2O3S. The monoisotopic (exact) mass is 424 g/mol. The Bertz CT molecular complexity index is 1130. The maximum Gasteiger partial charge on any atom is 0.301 e. The molecule has 1 amide bonds.